The summed E-state index contributed by atoms with van der Waals surface area (Å²) >= 11 is 1.45. The van der Waals surface area contributed by atoms with Gasteiger partial charge in [-0.2, -0.15) is 0 Å². The number of hydrogen-bond acceptors (Lipinski definition) is 5. The second-order valence-corrected chi connectivity index (χ2v) is 9.06. The van der Waals surface area contributed by atoms with Crippen molar-refractivity contribution in [2.24, 2.45) is 5.41 Å². The Morgan fingerprint density at radius 3 is 2.64 bits per heavy atom. The fraction of sp³-hybridized carbons (Fsp3) is 0.545. The van der Waals surface area contributed by atoms with Crippen molar-refractivity contribution in [2.45, 2.75) is 44.5 Å². The molecule has 1 unspecified atom stereocenters. The molecule has 0 aromatic heterocycles. The van der Waals surface area contributed by atoms with Crippen LogP contribution in [-0.4, -0.2) is 53.6 Å². The van der Waals surface area contributed by atoms with Gasteiger partial charge in [0.1, 0.15) is 0 Å². The zero-order chi connectivity index (χ0) is 19.9. The fourth-order valence-electron chi connectivity index (χ4n) is 5.13. The van der Waals surface area contributed by atoms with Crippen LogP contribution in [0.3, 0.4) is 0 Å². The molecule has 1 fully saturated rings. The summed E-state index contributed by atoms with van der Waals surface area (Å²) in [6.45, 7) is 2.18. The molecule has 28 heavy (non-hydrogen) atoms. The van der Waals surface area contributed by atoms with Crippen molar-refractivity contribution in [1.82, 2.24) is 9.80 Å². The third-order valence-electron chi connectivity index (χ3n) is 6.33. The van der Waals surface area contributed by atoms with Gasteiger partial charge >= 0.3 is 5.97 Å². The Morgan fingerprint density at radius 2 is 1.93 bits per heavy atom. The summed E-state index contributed by atoms with van der Waals surface area (Å²) in [4.78, 5) is 29.5. The molecule has 0 N–H and O–H groups in total. The van der Waals surface area contributed by atoms with Crippen LogP contribution in [-0.2, 0) is 20.7 Å². The summed E-state index contributed by atoms with van der Waals surface area (Å²) in [5.41, 5.74) is 4.29. The van der Waals surface area contributed by atoms with Crippen molar-refractivity contribution < 1.29 is 14.3 Å². The van der Waals surface area contributed by atoms with Crippen LogP contribution in [0.2, 0.25) is 0 Å². The lowest BCUT2D eigenvalue weighted by Gasteiger charge is -2.49. The van der Waals surface area contributed by atoms with Crippen LogP contribution in [0, 0.1) is 5.41 Å². The molecule has 1 saturated carbocycles. The van der Waals surface area contributed by atoms with Crippen LogP contribution in [0.5, 0.6) is 0 Å². The van der Waals surface area contributed by atoms with E-state index in [2.05, 4.69) is 23.1 Å². The topological polar surface area (TPSA) is 49.9 Å². The quantitative estimate of drug-likeness (QED) is 0.724. The standard InChI is InChI=1S/C22H28N2O3S/c1-4-27-17(25)14-28-21-23(2)19-16-10-6-5-9-15(16)13-22(11-7-8-12-22)18(19)20(26)24(21)3/h5-6,9-10,21H,4,7-8,11-14H2,1-3H3. The van der Waals surface area contributed by atoms with E-state index in [1.807, 2.05) is 27.1 Å². The smallest absolute Gasteiger partial charge is 0.316 e. The third-order valence-corrected chi connectivity index (χ3v) is 7.67. The van der Waals surface area contributed by atoms with Gasteiger partial charge in [-0.3, -0.25) is 9.59 Å². The van der Waals surface area contributed by atoms with Crippen molar-refractivity contribution in [1.29, 1.82) is 0 Å². The molecule has 1 aromatic carbocycles. The Labute approximate surface area is 171 Å². The number of amides is 1. The molecule has 1 aliphatic heterocycles. The van der Waals surface area contributed by atoms with Crippen LogP contribution in [0.4, 0.5) is 0 Å². The van der Waals surface area contributed by atoms with Gasteiger partial charge in [0.25, 0.3) is 5.91 Å². The van der Waals surface area contributed by atoms with E-state index < -0.39 is 0 Å². The summed E-state index contributed by atoms with van der Waals surface area (Å²) < 4.78 is 5.08. The van der Waals surface area contributed by atoms with Crippen molar-refractivity contribution in [2.75, 3.05) is 26.5 Å². The maximum absolute atomic E-state index is 13.6. The zero-order valence-electron chi connectivity index (χ0n) is 16.9. The first kappa shape index (κ1) is 19.4. The van der Waals surface area contributed by atoms with Gasteiger partial charge in [0.15, 0.2) is 5.50 Å². The van der Waals surface area contributed by atoms with E-state index in [1.165, 1.54) is 35.7 Å². The first-order chi connectivity index (χ1) is 13.5. The average molecular weight is 401 g/mol. The second-order valence-electron chi connectivity index (χ2n) is 8.01. The second kappa shape index (κ2) is 7.47. The highest BCUT2D eigenvalue weighted by molar-refractivity contribution is 8.00. The maximum atomic E-state index is 13.6. The minimum absolute atomic E-state index is 0.0416. The molecule has 3 aliphatic rings. The molecule has 0 saturated heterocycles. The van der Waals surface area contributed by atoms with Crippen LogP contribution < -0.4 is 0 Å². The number of benzene rings is 1. The largest absolute Gasteiger partial charge is 0.465 e. The lowest BCUT2D eigenvalue weighted by Crippen LogP contribution is -2.54. The maximum Gasteiger partial charge on any atom is 0.316 e. The lowest BCUT2D eigenvalue weighted by molar-refractivity contribution is -0.140. The Morgan fingerprint density at radius 1 is 1.21 bits per heavy atom. The minimum atomic E-state index is -0.238. The number of fused-ring (bicyclic) bond motifs is 3. The molecule has 1 amide bonds. The van der Waals surface area contributed by atoms with Gasteiger partial charge in [-0.15, -0.1) is 11.8 Å². The van der Waals surface area contributed by atoms with E-state index >= 15 is 0 Å². The van der Waals surface area contributed by atoms with Gasteiger partial charge in [0.2, 0.25) is 0 Å². The number of carbonyl (C=O) groups excluding carboxylic acids is 2. The average Bonchev–Trinajstić information content (AvgIpc) is 3.14. The Bertz CT molecular complexity index is 829. The zero-order valence-corrected chi connectivity index (χ0v) is 17.7. The van der Waals surface area contributed by atoms with Crippen molar-refractivity contribution >= 4 is 29.3 Å². The predicted molar refractivity (Wildman–Crippen MR) is 111 cm³/mol. The van der Waals surface area contributed by atoms with Crippen LogP contribution in [0.15, 0.2) is 29.8 Å². The van der Waals surface area contributed by atoms with Gasteiger partial charge in [-0.25, -0.2) is 0 Å². The highest BCUT2D eigenvalue weighted by atomic mass is 32.2. The number of esters is 1. The Kier molecular flexibility index (Phi) is 5.17. The number of hydrogen-bond donors (Lipinski definition) is 0. The van der Waals surface area contributed by atoms with E-state index in [0.29, 0.717) is 6.61 Å². The van der Waals surface area contributed by atoms with Crippen molar-refractivity contribution in [3.05, 3.63) is 41.0 Å². The molecule has 0 bridgehead atoms. The third kappa shape index (κ3) is 3.02. The van der Waals surface area contributed by atoms with Crippen molar-refractivity contribution in [3.8, 4) is 0 Å². The van der Waals surface area contributed by atoms with E-state index in [9.17, 15) is 9.59 Å². The monoisotopic (exact) mass is 400 g/mol. The SMILES string of the molecule is CCOC(=O)CSC1N(C)C(=O)C2=C(c3ccccc3CC23CCCC3)N1C. The van der Waals surface area contributed by atoms with Crippen molar-refractivity contribution in [3.63, 3.8) is 0 Å². The van der Waals surface area contributed by atoms with E-state index in [0.717, 1.165) is 30.5 Å². The summed E-state index contributed by atoms with van der Waals surface area (Å²) in [5, 5.41) is 0. The summed E-state index contributed by atoms with van der Waals surface area (Å²) in [6, 6.07) is 8.48. The van der Waals surface area contributed by atoms with Crippen LogP contribution in [0.25, 0.3) is 5.70 Å². The fourth-order valence-corrected chi connectivity index (χ4v) is 6.15. The molecule has 1 spiro atoms. The van der Waals surface area contributed by atoms with Gasteiger partial charge < -0.3 is 14.5 Å². The van der Waals surface area contributed by atoms with Crippen LogP contribution >= 0.6 is 11.8 Å². The molecular weight excluding hydrogens is 372 g/mol. The molecule has 1 atom stereocenters. The summed E-state index contributed by atoms with van der Waals surface area (Å²) in [7, 11) is 3.90. The molecule has 5 nitrogen and oxygen atoms in total. The molecule has 0 radical (unpaired) electrons. The number of nitrogens with zero attached hydrogens (tertiary/aromatic N) is 2. The molecule has 6 heteroatoms. The summed E-state index contributed by atoms with van der Waals surface area (Å²) in [5.74, 6) is 0.110. The number of likely N-dealkylation sites (N-methyl/N-ethyl adjacent to an activating group) is 1. The predicted octanol–water partition coefficient (Wildman–Crippen LogP) is 3.50. The van der Waals surface area contributed by atoms with E-state index in [-0.39, 0.29) is 28.5 Å². The Balaban J connectivity index is 1.76. The number of rotatable bonds is 4. The van der Waals surface area contributed by atoms with Gasteiger partial charge in [-0.05, 0) is 31.7 Å². The number of carbonyl (C=O) groups is 2. The minimum Gasteiger partial charge on any atom is -0.465 e. The molecule has 2 aliphatic carbocycles. The summed E-state index contributed by atoms with van der Waals surface area (Å²) in [6.07, 6.45) is 5.47. The first-order valence-corrected chi connectivity index (χ1v) is 11.1. The van der Waals surface area contributed by atoms with Gasteiger partial charge in [0.05, 0.1) is 18.1 Å². The molecule has 1 heterocycles. The molecule has 150 valence electrons. The van der Waals surface area contributed by atoms with Crippen LogP contribution in [0.1, 0.15) is 43.7 Å². The molecule has 1 aromatic rings. The number of thioether (sulfide) groups is 1. The highest BCUT2D eigenvalue weighted by Gasteiger charge is 2.51. The molecule has 4 rings (SSSR count). The van der Waals surface area contributed by atoms with Gasteiger partial charge in [0, 0.05) is 30.6 Å². The molecular formula is C22H28N2O3S. The van der Waals surface area contributed by atoms with E-state index in [4.69, 9.17) is 4.74 Å². The first-order valence-electron chi connectivity index (χ1n) is 10.1. The van der Waals surface area contributed by atoms with E-state index in [1.54, 1.807) is 4.90 Å². The lowest BCUT2D eigenvalue weighted by atomic mass is 9.67. The Hall–Kier alpha value is -1.95. The normalized spacial score (nSPS) is 23.1. The highest BCUT2D eigenvalue weighted by Crippen LogP contribution is 2.55. The number of ether oxygens (including phenoxy) is 1. The van der Waals surface area contributed by atoms with Gasteiger partial charge in [-0.1, -0.05) is 37.1 Å².